The summed E-state index contributed by atoms with van der Waals surface area (Å²) >= 11 is 0. The molecular weight excluding hydrogens is 256 g/mol. The fourth-order valence-electron chi connectivity index (χ4n) is 3.10. The number of aryl methyl sites for hydroxylation is 1. The molecule has 5 nitrogen and oxygen atoms in total. The number of aromatic amines is 1. The van der Waals surface area contributed by atoms with E-state index in [2.05, 4.69) is 17.2 Å². The Bertz CT molecular complexity index is 540. The molecule has 20 heavy (non-hydrogen) atoms. The lowest BCUT2D eigenvalue weighted by atomic mass is 9.83. The van der Waals surface area contributed by atoms with E-state index in [9.17, 15) is 9.59 Å². The van der Waals surface area contributed by atoms with Gasteiger partial charge in [0, 0.05) is 11.2 Å². The van der Waals surface area contributed by atoms with Crippen molar-refractivity contribution in [2.24, 2.45) is 0 Å². The Morgan fingerprint density at radius 3 is 2.30 bits per heavy atom. The Hall–Kier alpha value is -1.78. The zero-order valence-electron chi connectivity index (χ0n) is 12.3. The Balaban J connectivity index is 2.23. The van der Waals surface area contributed by atoms with Crippen LogP contribution in [-0.4, -0.2) is 27.5 Å². The summed E-state index contributed by atoms with van der Waals surface area (Å²) in [4.78, 5) is 26.4. The van der Waals surface area contributed by atoms with E-state index in [4.69, 9.17) is 5.11 Å². The molecule has 0 saturated heterocycles. The number of aromatic carboxylic acids is 1. The maximum absolute atomic E-state index is 12.5. The summed E-state index contributed by atoms with van der Waals surface area (Å²) in [5, 5.41) is 12.2. The van der Waals surface area contributed by atoms with Crippen molar-refractivity contribution in [3.8, 4) is 0 Å². The number of amides is 1. The number of rotatable bonds is 3. The van der Waals surface area contributed by atoms with Crippen molar-refractivity contribution in [1.29, 1.82) is 0 Å². The van der Waals surface area contributed by atoms with Crippen LogP contribution in [0.3, 0.4) is 0 Å². The van der Waals surface area contributed by atoms with Crippen molar-refractivity contribution < 1.29 is 14.7 Å². The first-order valence-electron chi connectivity index (χ1n) is 7.09. The Labute approximate surface area is 118 Å². The lowest BCUT2D eigenvalue weighted by Gasteiger charge is -2.34. The number of carbonyl (C=O) groups is 2. The van der Waals surface area contributed by atoms with E-state index in [-0.39, 0.29) is 17.1 Å². The van der Waals surface area contributed by atoms with Crippen LogP contribution in [0.5, 0.6) is 0 Å². The number of hydrogen-bond donors (Lipinski definition) is 3. The van der Waals surface area contributed by atoms with Crippen molar-refractivity contribution in [3.63, 3.8) is 0 Å². The molecule has 1 aromatic heterocycles. The van der Waals surface area contributed by atoms with Crippen molar-refractivity contribution in [2.75, 3.05) is 0 Å². The molecule has 2 rings (SSSR count). The predicted octanol–water partition coefficient (Wildman–Crippen LogP) is 2.78. The molecular formula is C15H22N2O3. The summed E-state index contributed by atoms with van der Waals surface area (Å²) in [6.45, 7) is 5.47. The van der Waals surface area contributed by atoms with Crippen molar-refractivity contribution >= 4 is 11.9 Å². The number of hydrogen-bond acceptors (Lipinski definition) is 2. The molecule has 0 unspecified atom stereocenters. The molecule has 0 spiro atoms. The first-order valence-corrected chi connectivity index (χ1v) is 7.09. The molecule has 1 aliphatic rings. The molecule has 0 aliphatic heterocycles. The van der Waals surface area contributed by atoms with E-state index < -0.39 is 5.97 Å². The Morgan fingerprint density at radius 2 is 1.80 bits per heavy atom. The highest BCUT2D eigenvalue weighted by Crippen LogP contribution is 2.28. The van der Waals surface area contributed by atoms with Gasteiger partial charge in [-0.3, -0.25) is 4.79 Å². The smallest absolute Gasteiger partial charge is 0.352 e. The number of carbonyl (C=O) groups excluding carboxylic acids is 1. The summed E-state index contributed by atoms with van der Waals surface area (Å²) in [6.07, 6.45) is 5.43. The lowest BCUT2D eigenvalue weighted by Crippen LogP contribution is -2.47. The monoisotopic (exact) mass is 278 g/mol. The average molecular weight is 278 g/mol. The van der Waals surface area contributed by atoms with E-state index >= 15 is 0 Å². The van der Waals surface area contributed by atoms with Crippen LogP contribution in [0.1, 0.15) is 71.1 Å². The SMILES string of the molecule is Cc1[nH]c(C(=O)O)c(C)c1C(=O)NC1(C)CCCCC1. The molecule has 3 N–H and O–H groups in total. The standard InChI is InChI=1S/C15H22N2O3/c1-9-11(10(2)16-12(9)14(19)20)13(18)17-15(3)7-5-4-6-8-15/h16H,4-8H2,1-3H3,(H,17,18)(H,19,20). The van der Waals surface area contributed by atoms with Crippen LogP contribution in [0.2, 0.25) is 0 Å². The van der Waals surface area contributed by atoms with Gasteiger partial charge in [-0.2, -0.15) is 0 Å². The van der Waals surface area contributed by atoms with Gasteiger partial charge in [0.1, 0.15) is 5.69 Å². The highest BCUT2D eigenvalue weighted by atomic mass is 16.4. The predicted molar refractivity (Wildman–Crippen MR) is 76.2 cm³/mol. The van der Waals surface area contributed by atoms with Gasteiger partial charge < -0.3 is 15.4 Å². The molecule has 5 heteroatoms. The van der Waals surface area contributed by atoms with Gasteiger partial charge >= 0.3 is 5.97 Å². The number of aromatic nitrogens is 1. The molecule has 0 radical (unpaired) electrons. The van der Waals surface area contributed by atoms with Gasteiger partial charge in [0.05, 0.1) is 5.56 Å². The van der Waals surface area contributed by atoms with Crippen LogP contribution >= 0.6 is 0 Å². The fourth-order valence-corrected chi connectivity index (χ4v) is 3.10. The first kappa shape index (κ1) is 14.6. The third-order valence-electron chi connectivity index (χ3n) is 4.25. The van der Waals surface area contributed by atoms with Crippen molar-refractivity contribution in [3.05, 3.63) is 22.5 Å². The molecule has 1 saturated carbocycles. The second kappa shape index (κ2) is 5.31. The minimum Gasteiger partial charge on any atom is -0.477 e. The molecule has 0 atom stereocenters. The normalized spacial score (nSPS) is 17.8. The van der Waals surface area contributed by atoms with Crippen LogP contribution in [0.25, 0.3) is 0 Å². The highest BCUT2D eigenvalue weighted by molar-refractivity contribution is 6.01. The summed E-state index contributed by atoms with van der Waals surface area (Å²) in [7, 11) is 0. The molecule has 1 amide bonds. The van der Waals surface area contributed by atoms with Crippen LogP contribution in [0.15, 0.2) is 0 Å². The third-order valence-corrected chi connectivity index (χ3v) is 4.25. The van der Waals surface area contributed by atoms with Gasteiger partial charge in [-0.1, -0.05) is 19.3 Å². The Morgan fingerprint density at radius 1 is 1.20 bits per heavy atom. The summed E-state index contributed by atoms with van der Waals surface area (Å²) in [5.41, 5.74) is 1.51. The summed E-state index contributed by atoms with van der Waals surface area (Å²) in [5.74, 6) is -1.21. The van der Waals surface area contributed by atoms with Crippen LogP contribution in [-0.2, 0) is 0 Å². The molecule has 110 valence electrons. The maximum atomic E-state index is 12.5. The Kier molecular flexibility index (Phi) is 3.88. The van der Waals surface area contributed by atoms with Gasteiger partial charge in [0.25, 0.3) is 5.91 Å². The van der Waals surface area contributed by atoms with E-state index in [1.54, 1.807) is 13.8 Å². The lowest BCUT2D eigenvalue weighted by molar-refractivity contribution is 0.0690. The van der Waals surface area contributed by atoms with Gasteiger partial charge in [-0.05, 0) is 39.2 Å². The van der Waals surface area contributed by atoms with Crippen LogP contribution < -0.4 is 5.32 Å². The number of nitrogens with one attached hydrogen (secondary N) is 2. The maximum Gasteiger partial charge on any atom is 0.352 e. The number of carboxylic acid groups (broad SMARTS) is 1. The van der Waals surface area contributed by atoms with Crippen molar-refractivity contribution in [1.82, 2.24) is 10.3 Å². The molecule has 0 bridgehead atoms. The van der Waals surface area contributed by atoms with E-state index in [1.807, 2.05) is 0 Å². The molecule has 1 heterocycles. The van der Waals surface area contributed by atoms with Gasteiger partial charge in [0.15, 0.2) is 0 Å². The zero-order chi connectivity index (χ0) is 14.9. The van der Waals surface area contributed by atoms with Gasteiger partial charge in [-0.15, -0.1) is 0 Å². The first-order chi connectivity index (χ1) is 9.34. The van der Waals surface area contributed by atoms with E-state index in [0.717, 1.165) is 25.7 Å². The summed E-state index contributed by atoms with van der Waals surface area (Å²) < 4.78 is 0. The largest absolute Gasteiger partial charge is 0.477 e. The van der Waals surface area contributed by atoms with Gasteiger partial charge in [0.2, 0.25) is 0 Å². The van der Waals surface area contributed by atoms with E-state index in [1.165, 1.54) is 6.42 Å². The summed E-state index contributed by atoms with van der Waals surface area (Å²) in [6, 6.07) is 0. The minimum absolute atomic E-state index is 0.0986. The number of carboxylic acids is 1. The topological polar surface area (TPSA) is 82.2 Å². The number of H-pyrrole nitrogens is 1. The average Bonchev–Trinajstić information content (AvgIpc) is 2.65. The quantitative estimate of drug-likeness (QED) is 0.795. The molecule has 1 fully saturated rings. The zero-order valence-corrected chi connectivity index (χ0v) is 12.3. The molecule has 1 aromatic rings. The fraction of sp³-hybridized carbons (Fsp3) is 0.600. The molecule has 1 aliphatic carbocycles. The molecule has 0 aromatic carbocycles. The highest BCUT2D eigenvalue weighted by Gasteiger charge is 2.31. The van der Waals surface area contributed by atoms with Gasteiger partial charge in [-0.25, -0.2) is 4.79 Å². The second-order valence-electron chi connectivity index (χ2n) is 6.01. The van der Waals surface area contributed by atoms with E-state index in [0.29, 0.717) is 16.8 Å². The second-order valence-corrected chi connectivity index (χ2v) is 6.01. The van der Waals surface area contributed by atoms with Crippen molar-refractivity contribution in [2.45, 2.75) is 58.4 Å². The minimum atomic E-state index is -1.03. The van der Waals surface area contributed by atoms with Crippen LogP contribution in [0, 0.1) is 13.8 Å². The third kappa shape index (κ3) is 2.71. The van der Waals surface area contributed by atoms with Crippen LogP contribution in [0.4, 0.5) is 0 Å².